The van der Waals surface area contributed by atoms with Gasteiger partial charge in [-0.2, -0.15) is 0 Å². The first-order valence-electron chi connectivity index (χ1n) is 5.05. The van der Waals surface area contributed by atoms with Crippen LogP contribution in [0.2, 0.25) is 0 Å². The summed E-state index contributed by atoms with van der Waals surface area (Å²) in [6.45, 7) is 0.377. The van der Waals surface area contributed by atoms with Gasteiger partial charge in [-0.1, -0.05) is 0 Å². The van der Waals surface area contributed by atoms with E-state index >= 15 is 0 Å². The molecular weight excluding hydrogens is 212 g/mol. The SMILES string of the molecule is O=[N+]([O-])c1cnc(NCC(O)C2CC2)nc1. The normalized spacial score (nSPS) is 16.8. The third-order valence-electron chi connectivity index (χ3n) is 2.48. The average Bonchev–Trinajstić information content (AvgIpc) is 3.10. The molecule has 0 aromatic carbocycles. The quantitative estimate of drug-likeness (QED) is 0.560. The Morgan fingerprint density at radius 3 is 2.69 bits per heavy atom. The number of aromatic nitrogens is 2. The molecule has 2 rings (SSSR count). The van der Waals surface area contributed by atoms with Gasteiger partial charge in [0.15, 0.2) is 0 Å². The molecule has 1 fully saturated rings. The number of aliphatic hydroxyl groups is 1. The lowest BCUT2D eigenvalue weighted by molar-refractivity contribution is -0.385. The third kappa shape index (κ3) is 2.63. The summed E-state index contributed by atoms with van der Waals surface area (Å²) in [5.74, 6) is 0.677. The van der Waals surface area contributed by atoms with Crippen molar-refractivity contribution in [2.45, 2.75) is 18.9 Å². The fourth-order valence-corrected chi connectivity index (χ4v) is 1.35. The summed E-state index contributed by atoms with van der Waals surface area (Å²) in [5, 5.41) is 22.7. The van der Waals surface area contributed by atoms with Crippen LogP contribution in [0.4, 0.5) is 11.6 Å². The first kappa shape index (κ1) is 10.7. The van der Waals surface area contributed by atoms with E-state index in [1.54, 1.807) is 0 Å². The highest BCUT2D eigenvalue weighted by atomic mass is 16.6. The van der Waals surface area contributed by atoms with Crippen LogP contribution >= 0.6 is 0 Å². The fraction of sp³-hybridized carbons (Fsp3) is 0.556. The fourth-order valence-electron chi connectivity index (χ4n) is 1.35. The predicted molar refractivity (Wildman–Crippen MR) is 55.9 cm³/mol. The smallest absolute Gasteiger partial charge is 0.305 e. The van der Waals surface area contributed by atoms with Crippen molar-refractivity contribution in [2.24, 2.45) is 5.92 Å². The second-order valence-electron chi connectivity index (χ2n) is 3.81. The van der Waals surface area contributed by atoms with Gasteiger partial charge < -0.3 is 10.4 Å². The Morgan fingerprint density at radius 1 is 1.56 bits per heavy atom. The molecule has 1 saturated carbocycles. The molecule has 0 saturated heterocycles. The summed E-state index contributed by atoms with van der Waals surface area (Å²) in [6.07, 6.45) is 4.00. The van der Waals surface area contributed by atoms with E-state index in [-0.39, 0.29) is 5.69 Å². The standard InChI is InChI=1S/C9H12N4O3/c14-8(6-1-2-6)5-12-9-10-3-7(4-11-9)13(15)16/h3-4,6,8,14H,1-2,5H2,(H,10,11,12). The summed E-state index contributed by atoms with van der Waals surface area (Å²) in [5.41, 5.74) is -0.145. The predicted octanol–water partition coefficient (Wildman–Crippen LogP) is 0.568. The minimum absolute atomic E-state index is 0.145. The highest BCUT2D eigenvalue weighted by Crippen LogP contribution is 2.32. The Hall–Kier alpha value is -1.76. The zero-order valence-electron chi connectivity index (χ0n) is 8.54. The van der Waals surface area contributed by atoms with Crippen LogP contribution in [0.3, 0.4) is 0 Å². The molecule has 16 heavy (non-hydrogen) atoms. The average molecular weight is 224 g/mol. The van der Waals surface area contributed by atoms with Gasteiger partial charge in [0.05, 0.1) is 11.0 Å². The molecule has 0 radical (unpaired) electrons. The van der Waals surface area contributed by atoms with Crippen molar-refractivity contribution < 1.29 is 10.0 Å². The lowest BCUT2D eigenvalue weighted by Gasteiger charge is -2.09. The summed E-state index contributed by atoms with van der Waals surface area (Å²) < 4.78 is 0. The van der Waals surface area contributed by atoms with Crippen molar-refractivity contribution in [2.75, 3.05) is 11.9 Å². The van der Waals surface area contributed by atoms with Gasteiger partial charge in [0, 0.05) is 6.54 Å². The van der Waals surface area contributed by atoms with Gasteiger partial charge in [-0.3, -0.25) is 10.1 Å². The van der Waals surface area contributed by atoms with E-state index in [1.165, 1.54) is 0 Å². The van der Waals surface area contributed by atoms with Gasteiger partial charge in [-0.05, 0) is 18.8 Å². The lowest BCUT2D eigenvalue weighted by Crippen LogP contribution is -2.22. The molecule has 86 valence electrons. The zero-order chi connectivity index (χ0) is 11.5. The van der Waals surface area contributed by atoms with E-state index in [0.29, 0.717) is 18.4 Å². The van der Waals surface area contributed by atoms with Gasteiger partial charge >= 0.3 is 5.69 Å². The topological polar surface area (TPSA) is 101 Å². The molecule has 7 nitrogen and oxygen atoms in total. The highest BCUT2D eigenvalue weighted by Gasteiger charge is 2.29. The van der Waals surface area contributed by atoms with Crippen LogP contribution in [0.15, 0.2) is 12.4 Å². The highest BCUT2D eigenvalue weighted by molar-refractivity contribution is 5.30. The first-order valence-corrected chi connectivity index (χ1v) is 5.05. The van der Waals surface area contributed by atoms with Gasteiger partial charge in [0.2, 0.25) is 5.95 Å². The van der Waals surface area contributed by atoms with Gasteiger partial charge in [0.25, 0.3) is 0 Å². The molecule has 0 aliphatic heterocycles. The maximum atomic E-state index is 10.3. The van der Waals surface area contributed by atoms with E-state index in [9.17, 15) is 15.2 Å². The number of hydrogen-bond acceptors (Lipinski definition) is 6. The van der Waals surface area contributed by atoms with Crippen molar-refractivity contribution in [3.05, 3.63) is 22.5 Å². The number of nitro groups is 1. The number of anilines is 1. The molecule has 1 heterocycles. The summed E-state index contributed by atoms with van der Waals surface area (Å²) >= 11 is 0. The second-order valence-corrected chi connectivity index (χ2v) is 3.81. The van der Waals surface area contributed by atoms with E-state index in [4.69, 9.17) is 0 Å². The van der Waals surface area contributed by atoms with Crippen LogP contribution in [-0.4, -0.2) is 32.6 Å². The molecule has 1 atom stereocenters. The molecular formula is C9H12N4O3. The Morgan fingerprint density at radius 2 is 2.19 bits per heavy atom. The number of aliphatic hydroxyl groups excluding tert-OH is 1. The maximum Gasteiger partial charge on any atom is 0.305 e. The van der Waals surface area contributed by atoms with Gasteiger partial charge in [0.1, 0.15) is 12.4 Å². The number of rotatable bonds is 5. The lowest BCUT2D eigenvalue weighted by atomic mass is 10.2. The molecule has 1 aromatic rings. The van der Waals surface area contributed by atoms with E-state index < -0.39 is 11.0 Å². The number of nitrogens with one attached hydrogen (secondary N) is 1. The van der Waals surface area contributed by atoms with Gasteiger partial charge in [-0.25, -0.2) is 9.97 Å². The largest absolute Gasteiger partial charge is 0.391 e. The maximum absolute atomic E-state index is 10.3. The molecule has 0 spiro atoms. The number of hydrogen-bond donors (Lipinski definition) is 2. The third-order valence-corrected chi connectivity index (χ3v) is 2.48. The van der Waals surface area contributed by atoms with Crippen LogP contribution in [0, 0.1) is 16.0 Å². The van der Waals surface area contributed by atoms with Crippen molar-refractivity contribution in [1.29, 1.82) is 0 Å². The second kappa shape index (κ2) is 4.40. The first-order chi connectivity index (χ1) is 7.66. The van der Waals surface area contributed by atoms with Crippen molar-refractivity contribution in [1.82, 2.24) is 9.97 Å². The Balaban J connectivity index is 1.86. The molecule has 0 bridgehead atoms. The van der Waals surface area contributed by atoms with Crippen LogP contribution in [0.5, 0.6) is 0 Å². The minimum Gasteiger partial charge on any atom is -0.391 e. The zero-order valence-corrected chi connectivity index (χ0v) is 8.54. The van der Waals surface area contributed by atoms with Crippen molar-refractivity contribution in [3.8, 4) is 0 Å². The van der Waals surface area contributed by atoms with Crippen LogP contribution in [0.1, 0.15) is 12.8 Å². The van der Waals surface area contributed by atoms with Crippen LogP contribution < -0.4 is 5.32 Å². The molecule has 1 aromatic heterocycles. The summed E-state index contributed by atoms with van der Waals surface area (Å²) in [4.78, 5) is 17.3. The Labute approximate surface area is 91.7 Å². The summed E-state index contributed by atoms with van der Waals surface area (Å²) in [6, 6.07) is 0. The molecule has 2 N–H and O–H groups in total. The van der Waals surface area contributed by atoms with E-state index in [1.807, 2.05) is 0 Å². The number of nitrogens with zero attached hydrogens (tertiary/aromatic N) is 3. The Bertz CT molecular complexity index is 377. The molecule has 1 aliphatic carbocycles. The molecule has 7 heteroatoms. The van der Waals surface area contributed by atoms with Crippen LogP contribution in [-0.2, 0) is 0 Å². The van der Waals surface area contributed by atoms with Crippen LogP contribution in [0.25, 0.3) is 0 Å². The van der Waals surface area contributed by atoms with E-state index in [0.717, 1.165) is 25.2 Å². The molecule has 1 unspecified atom stereocenters. The van der Waals surface area contributed by atoms with E-state index in [2.05, 4.69) is 15.3 Å². The molecule has 1 aliphatic rings. The summed E-state index contributed by atoms with van der Waals surface area (Å²) in [7, 11) is 0. The van der Waals surface area contributed by atoms with Gasteiger partial charge in [-0.15, -0.1) is 0 Å². The minimum atomic E-state index is -0.553. The molecule has 0 amide bonds. The Kier molecular flexibility index (Phi) is 2.95. The van der Waals surface area contributed by atoms with Crippen molar-refractivity contribution >= 4 is 11.6 Å². The van der Waals surface area contributed by atoms with Crippen molar-refractivity contribution in [3.63, 3.8) is 0 Å². The monoisotopic (exact) mass is 224 g/mol.